The average Bonchev–Trinajstić information content (AvgIpc) is 3.31. The van der Waals surface area contributed by atoms with Crippen LogP contribution in [0.4, 0.5) is 23.9 Å². The first-order valence-electron chi connectivity index (χ1n) is 10.9. The van der Waals surface area contributed by atoms with Crippen molar-refractivity contribution in [2.24, 2.45) is 12.8 Å². The number of aliphatic hydroxyl groups is 1. The van der Waals surface area contributed by atoms with Gasteiger partial charge in [0.2, 0.25) is 0 Å². The minimum absolute atomic E-state index is 0.0278. The molecule has 1 aromatic carbocycles. The second-order valence-corrected chi connectivity index (χ2v) is 9.29. The molecule has 0 radical (unpaired) electrons. The highest BCUT2D eigenvalue weighted by molar-refractivity contribution is 7.19. The number of anilines is 2. The van der Waals surface area contributed by atoms with Crippen molar-refractivity contribution in [3.63, 3.8) is 0 Å². The summed E-state index contributed by atoms with van der Waals surface area (Å²) in [5, 5.41) is 18.2. The Kier molecular flexibility index (Phi) is 7.33. The number of aliphatic hydroxyl groups excluding tert-OH is 1. The van der Waals surface area contributed by atoms with E-state index in [1.54, 1.807) is 18.8 Å². The van der Waals surface area contributed by atoms with Crippen molar-refractivity contribution in [2.45, 2.75) is 43.5 Å². The Labute approximate surface area is 203 Å². The summed E-state index contributed by atoms with van der Waals surface area (Å²) in [6, 6.07) is 4.93. The van der Waals surface area contributed by atoms with Gasteiger partial charge in [0, 0.05) is 25.8 Å². The quantitative estimate of drug-likeness (QED) is 0.369. The van der Waals surface area contributed by atoms with Crippen molar-refractivity contribution in [1.82, 2.24) is 14.8 Å². The number of nitrogens with one attached hydrogen (secondary N) is 1. The molecule has 1 saturated heterocycles. The highest BCUT2D eigenvalue weighted by Crippen LogP contribution is 2.41. The Balaban J connectivity index is 1.58. The zero-order valence-electron chi connectivity index (χ0n) is 19.1. The Morgan fingerprint density at radius 2 is 2.06 bits per heavy atom. The van der Waals surface area contributed by atoms with Crippen molar-refractivity contribution in [2.75, 3.05) is 24.8 Å². The zero-order chi connectivity index (χ0) is 25.3. The van der Waals surface area contributed by atoms with Crippen LogP contribution >= 0.6 is 11.3 Å². The number of nitrogens with zero attached hydrogens (tertiary/aromatic N) is 3. The number of methoxy groups -OCH3 is 1. The van der Waals surface area contributed by atoms with Gasteiger partial charge in [-0.25, -0.2) is 4.98 Å². The predicted octanol–water partition coefficient (Wildman–Crippen LogP) is 3.44. The Hall–Kier alpha value is -2.71. The molecule has 35 heavy (non-hydrogen) atoms. The normalized spacial score (nSPS) is 22.1. The van der Waals surface area contributed by atoms with Crippen LogP contribution in [0, 0.1) is 0 Å². The first-order chi connectivity index (χ1) is 16.6. The molecule has 4 rings (SSSR count). The summed E-state index contributed by atoms with van der Waals surface area (Å²) in [4.78, 5) is 4.23. The third-order valence-corrected chi connectivity index (χ3v) is 6.92. The van der Waals surface area contributed by atoms with Crippen molar-refractivity contribution < 1.29 is 27.8 Å². The smallest absolute Gasteiger partial charge is 0.389 e. The first kappa shape index (κ1) is 25.4. The van der Waals surface area contributed by atoms with Gasteiger partial charge >= 0.3 is 6.18 Å². The molecule has 3 heterocycles. The minimum Gasteiger partial charge on any atom is -0.389 e. The van der Waals surface area contributed by atoms with E-state index in [1.807, 2.05) is 0 Å². The van der Waals surface area contributed by atoms with Crippen molar-refractivity contribution >= 4 is 22.0 Å². The molecule has 9 nitrogen and oxygen atoms in total. The van der Waals surface area contributed by atoms with Crippen LogP contribution in [0.2, 0.25) is 0 Å². The van der Waals surface area contributed by atoms with Gasteiger partial charge in [-0.15, -0.1) is 0 Å². The van der Waals surface area contributed by atoms with Crippen molar-refractivity contribution in [1.29, 1.82) is 0 Å². The average molecular weight is 513 g/mol. The monoisotopic (exact) mass is 512 g/mol. The van der Waals surface area contributed by atoms with E-state index in [4.69, 9.17) is 20.9 Å². The van der Waals surface area contributed by atoms with E-state index in [9.17, 15) is 18.3 Å². The van der Waals surface area contributed by atoms with Crippen LogP contribution in [0.25, 0.3) is 10.6 Å². The molecule has 190 valence electrons. The molecule has 0 aliphatic carbocycles. The molecule has 3 aromatic rings. The molecule has 0 amide bonds. The maximum Gasteiger partial charge on any atom is 0.417 e. The summed E-state index contributed by atoms with van der Waals surface area (Å²) in [5.74, 6) is 0. The van der Waals surface area contributed by atoms with Gasteiger partial charge in [-0.05, 0) is 18.9 Å². The number of ether oxygens (including phenoxy) is 2. The molecule has 1 fully saturated rings. The zero-order valence-corrected chi connectivity index (χ0v) is 19.9. The van der Waals surface area contributed by atoms with Crippen LogP contribution in [-0.2, 0) is 22.7 Å². The standard InChI is InChI=1S/C22H27F3N6O3S/c1-31-18(15-8-7-13(26)16(33-2)10-34-15)14(9-28-31)29-20(32)17-19(27)35-21(30-17)11-5-3-4-6-12(11)22(23,24)25/h3-6,9,13,15-16,20,29,32H,7-8,10,26-27H2,1-2H3/t13-,15+,16+,20?/m1/s1. The van der Waals surface area contributed by atoms with Crippen molar-refractivity contribution in [3.05, 3.63) is 47.4 Å². The van der Waals surface area contributed by atoms with Gasteiger partial charge in [0.1, 0.15) is 21.8 Å². The molecular weight excluding hydrogens is 485 g/mol. The lowest BCUT2D eigenvalue weighted by Crippen LogP contribution is -2.37. The topological polar surface area (TPSA) is 133 Å². The molecule has 4 atom stereocenters. The summed E-state index contributed by atoms with van der Waals surface area (Å²) >= 11 is 0.873. The van der Waals surface area contributed by atoms with Gasteiger partial charge in [-0.3, -0.25) is 4.68 Å². The van der Waals surface area contributed by atoms with E-state index in [2.05, 4.69) is 15.4 Å². The number of nitrogens with two attached hydrogens (primary N) is 2. The van der Waals surface area contributed by atoms with E-state index in [0.29, 0.717) is 30.8 Å². The molecular formula is C22H27F3N6O3S. The minimum atomic E-state index is -4.55. The molecule has 0 saturated carbocycles. The number of aryl methyl sites for hydroxylation is 1. The lowest BCUT2D eigenvalue weighted by molar-refractivity contribution is -0.137. The molecule has 1 aliphatic heterocycles. The molecule has 0 bridgehead atoms. The lowest BCUT2D eigenvalue weighted by Gasteiger charge is -2.20. The summed E-state index contributed by atoms with van der Waals surface area (Å²) < 4.78 is 53.4. The van der Waals surface area contributed by atoms with E-state index in [0.717, 1.165) is 17.4 Å². The second kappa shape index (κ2) is 10.1. The fourth-order valence-electron chi connectivity index (χ4n) is 4.13. The highest BCUT2D eigenvalue weighted by Gasteiger charge is 2.35. The third-order valence-electron chi connectivity index (χ3n) is 5.99. The lowest BCUT2D eigenvalue weighted by atomic mass is 10.0. The van der Waals surface area contributed by atoms with Crippen LogP contribution in [0.15, 0.2) is 30.5 Å². The maximum absolute atomic E-state index is 13.5. The van der Waals surface area contributed by atoms with Gasteiger partial charge in [0.05, 0.1) is 35.9 Å². The van der Waals surface area contributed by atoms with E-state index >= 15 is 0 Å². The Morgan fingerprint density at radius 3 is 2.77 bits per heavy atom. The van der Waals surface area contributed by atoms with Gasteiger partial charge in [-0.2, -0.15) is 18.3 Å². The molecule has 6 N–H and O–H groups in total. The third kappa shape index (κ3) is 5.28. The SMILES string of the molecule is CO[C@H]1CO[C@H](c2c(NC(O)c3nc(-c4ccccc4C(F)(F)F)sc3N)cnn2C)CC[C@H]1N. The Bertz CT molecular complexity index is 1170. The van der Waals surface area contributed by atoms with Gasteiger partial charge < -0.3 is 31.4 Å². The summed E-state index contributed by atoms with van der Waals surface area (Å²) in [7, 11) is 3.33. The fourth-order valence-corrected chi connectivity index (χ4v) is 5.04. The molecule has 1 aliphatic rings. The number of hydrogen-bond acceptors (Lipinski definition) is 9. The fraction of sp³-hybridized carbons (Fsp3) is 0.455. The molecule has 2 aromatic heterocycles. The predicted molar refractivity (Wildman–Crippen MR) is 125 cm³/mol. The van der Waals surface area contributed by atoms with Crippen LogP contribution in [-0.4, -0.2) is 45.7 Å². The van der Waals surface area contributed by atoms with Crippen LogP contribution in [0.5, 0.6) is 0 Å². The largest absolute Gasteiger partial charge is 0.417 e. The molecule has 1 unspecified atom stereocenters. The first-order valence-corrected chi connectivity index (χ1v) is 11.7. The summed E-state index contributed by atoms with van der Waals surface area (Å²) in [6.07, 6.45) is -3.72. The number of benzene rings is 1. The van der Waals surface area contributed by atoms with Crippen LogP contribution in [0.1, 0.15) is 42.1 Å². The maximum atomic E-state index is 13.5. The number of thiazole rings is 1. The van der Waals surface area contributed by atoms with Crippen LogP contribution < -0.4 is 16.8 Å². The van der Waals surface area contributed by atoms with E-state index < -0.39 is 18.0 Å². The van der Waals surface area contributed by atoms with Gasteiger partial charge in [0.25, 0.3) is 0 Å². The number of nitrogen functional groups attached to an aromatic ring is 1. The van der Waals surface area contributed by atoms with Gasteiger partial charge in [-0.1, -0.05) is 29.5 Å². The van der Waals surface area contributed by atoms with E-state index in [1.165, 1.54) is 24.4 Å². The Morgan fingerprint density at radius 1 is 1.31 bits per heavy atom. The molecule has 0 spiro atoms. The summed E-state index contributed by atoms with van der Waals surface area (Å²) in [5.41, 5.74) is 12.5. The second-order valence-electron chi connectivity index (χ2n) is 8.26. The van der Waals surface area contributed by atoms with Crippen LogP contribution in [0.3, 0.4) is 0 Å². The number of alkyl halides is 3. The molecule has 13 heteroatoms. The number of rotatable bonds is 6. The number of hydrogen-bond donors (Lipinski definition) is 4. The highest BCUT2D eigenvalue weighted by atomic mass is 32.1. The number of halogens is 3. The van der Waals surface area contributed by atoms with Gasteiger partial charge in [0.15, 0.2) is 6.23 Å². The number of aromatic nitrogens is 3. The summed E-state index contributed by atoms with van der Waals surface area (Å²) in [6.45, 7) is 0.302. The van der Waals surface area contributed by atoms with E-state index in [-0.39, 0.29) is 39.5 Å². The van der Waals surface area contributed by atoms with Crippen molar-refractivity contribution in [3.8, 4) is 10.6 Å².